The van der Waals surface area contributed by atoms with E-state index in [0.717, 1.165) is 6.07 Å². The lowest BCUT2D eigenvalue weighted by atomic mass is 10.1. The number of Topliss-reactive ketones (excluding diaryl/α,β-unsaturated/α-hetero) is 1. The van der Waals surface area contributed by atoms with Gasteiger partial charge in [-0.05, 0) is 25.0 Å². The summed E-state index contributed by atoms with van der Waals surface area (Å²) in [6.45, 7) is 1.33. The third-order valence-corrected chi connectivity index (χ3v) is 2.90. The molecule has 15 heavy (non-hydrogen) atoms. The lowest BCUT2D eigenvalue weighted by Crippen LogP contribution is -2.14. The van der Waals surface area contributed by atoms with Crippen molar-refractivity contribution in [3.8, 4) is 0 Å². The molecule has 1 atom stereocenters. The molecule has 0 heterocycles. The zero-order valence-electron chi connectivity index (χ0n) is 7.86. The van der Waals surface area contributed by atoms with Crippen molar-refractivity contribution in [1.82, 2.24) is 0 Å². The van der Waals surface area contributed by atoms with Gasteiger partial charge in [0.1, 0.15) is 11.6 Å². The van der Waals surface area contributed by atoms with E-state index in [2.05, 4.69) is 15.9 Å². The number of halogens is 4. The van der Waals surface area contributed by atoms with Gasteiger partial charge < -0.3 is 0 Å². The maximum absolute atomic E-state index is 13.1. The molecule has 0 N–H and O–H groups in total. The predicted octanol–water partition coefficient (Wildman–Crippen LogP) is 3.00. The number of carbonyl (C=O) groups is 1. The molecule has 1 rings (SSSR count). The second kappa shape index (κ2) is 4.79. The van der Waals surface area contributed by atoms with Crippen LogP contribution < -0.4 is 0 Å². The summed E-state index contributed by atoms with van der Waals surface area (Å²) < 4.78 is 38.4. The number of rotatable bonds is 3. The minimum atomic E-state index is -1.23. The normalized spacial score (nSPS) is 12.6. The fourth-order valence-corrected chi connectivity index (χ4v) is 1.41. The summed E-state index contributed by atoms with van der Waals surface area (Å²) in [5.41, 5.74) is -0.0222. The standard InChI is InChI=1S/C10H8BrF3O/c1-5(15)7(11)2-6-3-9(13)10(14)4-8(6)12/h3-4,7H,2H2,1H3. The van der Waals surface area contributed by atoms with Gasteiger partial charge in [0, 0.05) is 6.07 Å². The van der Waals surface area contributed by atoms with Crippen molar-refractivity contribution in [3.63, 3.8) is 0 Å². The Morgan fingerprint density at radius 1 is 1.27 bits per heavy atom. The van der Waals surface area contributed by atoms with E-state index < -0.39 is 22.3 Å². The van der Waals surface area contributed by atoms with Crippen molar-refractivity contribution < 1.29 is 18.0 Å². The van der Waals surface area contributed by atoms with Crippen LogP contribution in [0.15, 0.2) is 12.1 Å². The van der Waals surface area contributed by atoms with Gasteiger partial charge in [-0.25, -0.2) is 13.2 Å². The molecule has 5 heteroatoms. The van der Waals surface area contributed by atoms with Crippen LogP contribution >= 0.6 is 15.9 Å². The average molecular weight is 281 g/mol. The number of ketones is 1. The van der Waals surface area contributed by atoms with Crippen LogP contribution in [-0.4, -0.2) is 10.6 Å². The molecule has 1 unspecified atom stereocenters. The van der Waals surface area contributed by atoms with E-state index in [1.165, 1.54) is 6.92 Å². The van der Waals surface area contributed by atoms with Crippen LogP contribution in [-0.2, 0) is 11.2 Å². The summed E-state index contributed by atoms with van der Waals surface area (Å²) in [5.74, 6) is -3.39. The SMILES string of the molecule is CC(=O)C(Br)Cc1cc(F)c(F)cc1F. The Balaban J connectivity index is 2.95. The molecule has 0 aliphatic carbocycles. The highest BCUT2D eigenvalue weighted by Gasteiger charge is 2.16. The van der Waals surface area contributed by atoms with Crippen molar-refractivity contribution in [3.05, 3.63) is 35.1 Å². The Kier molecular flexibility index (Phi) is 3.90. The number of alkyl halides is 1. The molecule has 0 aliphatic rings. The van der Waals surface area contributed by atoms with E-state index in [1.54, 1.807) is 0 Å². The van der Waals surface area contributed by atoms with Gasteiger partial charge in [0.2, 0.25) is 0 Å². The van der Waals surface area contributed by atoms with Gasteiger partial charge in [0.25, 0.3) is 0 Å². The molecular weight excluding hydrogens is 273 g/mol. The maximum atomic E-state index is 13.1. The molecule has 0 aromatic heterocycles. The fraction of sp³-hybridized carbons (Fsp3) is 0.300. The van der Waals surface area contributed by atoms with Crippen LogP contribution in [0.1, 0.15) is 12.5 Å². The Labute approximate surface area is 93.4 Å². The van der Waals surface area contributed by atoms with Crippen molar-refractivity contribution in [2.75, 3.05) is 0 Å². The molecule has 0 fully saturated rings. The van der Waals surface area contributed by atoms with Crippen LogP contribution in [0.4, 0.5) is 13.2 Å². The van der Waals surface area contributed by atoms with Crippen molar-refractivity contribution in [2.45, 2.75) is 18.2 Å². The van der Waals surface area contributed by atoms with Crippen LogP contribution in [0.3, 0.4) is 0 Å². The van der Waals surface area contributed by atoms with E-state index in [4.69, 9.17) is 0 Å². The zero-order valence-corrected chi connectivity index (χ0v) is 9.45. The number of hydrogen-bond acceptors (Lipinski definition) is 1. The second-order valence-corrected chi connectivity index (χ2v) is 4.25. The second-order valence-electron chi connectivity index (χ2n) is 3.14. The van der Waals surface area contributed by atoms with Crippen LogP contribution in [0.5, 0.6) is 0 Å². The molecule has 82 valence electrons. The fourth-order valence-electron chi connectivity index (χ4n) is 1.06. The molecule has 0 amide bonds. The molecule has 0 aliphatic heterocycles. The lowest BCUT2D eigenvalue weighted by molar-refractivity contribution is -0.116. The minimum Gasteiger partial charge on any atom is -0.299 e. The van der Waals surface area contributed by atoms with Gasteiger partial charge in [-0.15, -0.1) is 0 Å². The first-order chi connectivity index (χ1) is 6.91. The van der Waals surface area contributed by atoms with Crippen LogP contribution in [0.25, 0.3) is 0 Å². The number of benzene rings is 1. The first-order valence-corrected chi connectivity index (χ1v) is 5.11. The average Bonchev–Trinajstić information content (AvgIpc) is 2.13. The molecule has 1 nitrogen and oxygen atoms in total. The monoisotopic (exact) mass is 280 g/mol. The van der Waals surface area contributed by atoms with Gasteiger partial charge in [-0.1, -0.05) is 15.9 Å². The van der Waals surface area contributed by atoms with E-state index in [-0.39, 0.29) is 17.8 Å². The third-order valence-electron chi connectivity index (χ3n) is 1.93. The van der Waals surface area contributed by atoms with Crippen LogP contribution in [0, 0.1) is 17.5 Å². The van der Waals surface area contributed by atoms with E-state index in [1.807, 2.05) is 0 Å². The Bertz CT molecular complexity index is 392. The van der Waals surface area contributed by atoms with Crippen LogP contribution in [0.2, 0.25) is 0 Å². The highest BCUT2D eigenvalue weighted by molar-refractivity contribution is 9.10. The van der Waals surface area contributed by atoms with E-state index >= 15 is 0 Å². The highest BCUT2D eigenvalue weighted by atomic mass is 79.9. The van der Waals surface area contributed by atoms with Gasteiger partial charge in [-0.2, -0.15) is 0 Å². The minimum absolute atomic E-state index is 0.00162. The summed E-state index contributed by atoms with van der Waals surface area (Å²) in [4.78, 5) is 10.3. The Morgan fingerprint density at radius 3 is 2.33 bits per heavy atom. The topological polar surface area (TPSA) is 17.1 Å². The zero-order chi connectivity index (χ0) is 11.6. The molecular formula is C10H8BrF3O. The summed E-state index contributed by atoms with van der Waals surface area (Å²) in [6.07, 6.45) is -0.00162. The van der Waals surface area contributed by atoms with Gasteiger partial charge in [0.05, 0.1) is 4.83 Å². The van der Waals surface area contributed by atoms with E-state index in [9.17, 15) is 18.0 Å². The molecule has 0 bridgehead atoms. The molecule has 0 radical (unpaired) electrons. The Hall–Kier alpha value is -0.840. The lowest BCUT2D eigenvalue weighted by Gasteiger charge is -2.07. The molecule has 1 aromatic carbocycles. The third kappa shape index (κ3) is 3.06. The van der Waals surface area contributed by atoms with Gasteiger partial charge >= 0.3 is 0 Å². The number of carbonyl (C=O) groups excluding carboxylic acids is 1. The first-order valence-electron chi connectivity index (χ1n) is 4.19. The van der Waals surface area contributed by atoms with Crippen molar-refractivity contribution in [2.24, 2.45) is 0 Å². The Morgan fingerprint density at radius 2 is 1.80 bits per heavy atom. The number of hydrogen-bond donors (Lipinski definition) is 0. The maximum Gasteiger partial charge on any atom is 0.161 e. The van der Waals surface area contributed by atoms with E-state index in [0.29, 0.717) is 6.07 Å². The predicted molar refractivity (Wildman–Crippen MR) is 53.4 cm³/mol. The first kappa shape index (κ1) is 12.2. The summed E-state index contributed by atoms with van der Waals surface area (Å²) in [7, 11) is 0. The molecule has 0 saturated carbocycles. The summed E-state index contributed by atoms with van der Waals surface area (Å²) in [5, 5.41) is 0. The quantitative estimate of drug-likeness (QED) is 0.615. The molecule has 0 saturated heterocycles. The van der Waals surface area contributed by atoms with Crippen molar-refractivity contribution >= 4 is 21.7 Å². The molecule has 0 spiro atoms. The van der Waals surface area contributed by atoms with Crippen molar-refractivity contribution in [1.29, 1.82) is 0 Å². The molecule has 1 aromatic rings. The van der Waals surface area contributed by atoms with Gasteiger partial charge in [-0.3, -0.25) is 4.79 Å². The summed E-state index contributed by atoms with van der Waals surface area (Å²) >= 11 is 3.02. The van der Waals surface area contributed by atoms with Gasteiger partial charge in [0.15, 0.2) is 11.6 Å². The largest absolute Gasteiger partial charge is 0.299 e. The highest BCUT2D eigenvalue weighted by Crippen LogP contribution is 2.18. The summed E-state index contributed by atoms with van der Waals surface area (Å²) in [6, 6.07) is 1.24. The smallest absolute Gasteiger partial charge is 0.161 e.